The lowest BCUT2D eigenvalue weighted by Gasteiger charge is -2.05. The first-order chi connectivity index (χ1) is 10.2. The summed E-state index contributed by atoms with van der Waals surface area (Å²) in [6.07, 6.45) is 3.03. The molecule has 0 aliphatic rings. The summed E-state index contributed by atoms with van der Waals surface area (Å²) in [4.78, 5) is 11.5. The van der Waals surface area contributed by atoms with Gasteiger partial charge in [0.05, 0.1) is 5.69 Å². The number of alkyl carbamates (subject to hydrolysis) is 1. The van der Waals surface area contributed by atoms with Gasteiger partial charge in [0.2, 0.25) is 0 Å². The molecule has 21 heavy (non-hydrogen) atoms. The monoisotopic (exact) mass is 284 g/mol. The Morgan fingerprint density at radius 1 is 1.19 bits per heavy atom. The van der Waals surface area contributed by atoms with Crippen LogP contribution in [0.2, 0.25) is 0 Å². The molecular formula is C15H16N4O2. The number of anilines is 1. The summed E-state index contributed by atoms with van der Waals surface area (Å²) in [5.74, 6) is 0.370. The highest BCUT2D eigenvalue weighted by molar-refractivity contribution is 5.67. The first-order valence-corrected chi connectivity index (χ1v) is 6.44. The number of carbonyl (C=O) groups excluding carboxylic acids is 1. The molecule has 0 bridgehead atoms. The standard InChI is InChI=1S/C15H16N4O2/c16-14-9-8-13(18-19-14)7-4-10-17-15(20)21-11-12-5-2-1-3-6-12/h1-9H,10-11H2,(H2,16,19)(H,17,20). The number of nitrogens with one attached hydrogen (secondary N) is 1. The normalized spacial score (nSPS) is 10.5. The van der Waals surface area contributed by atoms with Gasteiger partial charge in [0.25, 0.3) is 0 Å². The number of nitrogens with two attached hydrogens (primary N) is 1. The van der Waals surface area contributed by atoms with Gasteiger partial charge in [-0.15, -0.1) is 10.2 Å². The van der Waals surface area contributed by atoms with Gasteiger partial charge in [0, 0.05) is 6.54 Å². The second kappa shape index (κ2) is 7.64. The van der Waals surface area contributed by atoms with Gasteiger partial charge >= 0.3 is 6.09 Å². The first kappa shape index (κ1) is 14.5. The van der Waals surface area contributed by atoms with Gasteiger partial charge in [-0.3, -0.25) is 0 Å². The maximum absolute atomic E-state index is 11.5. The van der Waals surface area contributed by atoms with Crippen molar-refractivity contribution in [2.45, 2.75) is 6.61 Å². The predicted octanol–water partition coefficient (Wildman–Crippen LogP) is 2.00. The van der Waals surface area contributed by atoms with E-state index in [1.54, 1.807) is 24.3 Å². The average molecular weight is 284 g/mol. The van der Waals surface area contributed by atoms with Crippen molar-refractivity contribution in [2.24, 2.45) is 0 Å². The minimum atomic E-state index is -0.466. The Morgan fingerprint density at radius 2 is 2.00 bits per heavy atom. The largest absolute Gasteiger partial charge is 0.445 e. The molecule has 0 spiro atoms. The summed E-state index contributed by atoms with van der Waals surface area (Å²) in [5, 5.41) is 10.2. The summed E-state index contributed by atoms with van der Waals surface area (Å²) in [5.41, 5.74) is 7.05. The van der Waals surface area contributed by atoms with Crippen LogP contribution in [0.25, 0.3) is 6.08 Å². The fourth-order valence-electron chi connectivity index (χ4n) is 1.54. The van der Waals surface area contributed by atoms with E-state index in [1.807, 2.05) is 30.3 Å². The van der Waals surface area contributed by atoms with E-state index in [9.17, 15) is 4.79 Å². The number of rotatable bonds is 5. The number of amides is 1. The van der Waals surface area contributed by atoms with E-state index in [-0.39, 0.29) is 6.61 Å². The average Bonchev–Trinajstić information content (AvgIpc) is 2.52. The van der Waals surface area contributed by atoms with Gasteiger partial charge in [-0.25, -0.2) is 4.79 Å². The summed E-state index contributed by atoms with van der Waals surface area (Å²) < 4.78 is 5.07. The van der Waals surface area contributed by atoms with E-state index in [0.717, 1.165) is 5.56 Å². The van der Waals surface area contributed by atoms with Gasteiger partial charge in [-0.05, 0) is 23.8 Å². The van der Waals surface area contributed by atoms with Gasteiger partial charge < -0.3 is 15.8 Å². The lowest BCUT2D eigenvalue weighted by molar-refractivity contribution is 0.141. The molecule has 0 aliphatic carbocycles. The van der Waals surface area contributed by atoms with Crippen molar-refractivity contribution < 1.29 is 9.53 Å². The maximum Gasteiger partial charge on any atom is 0.407 e. The van der Waals surface area contributed by atoms with Crippen LogP contribution < -0.4 is 11.1 Å². The summed E-state index contributed by atoms with van der Waals surface area (Å²) in [7, 11) is 0. The molecule has 1 aromatic carbocycles. The highest BCUT2D eigenvalue weighted by Crippen LogP contribution is 2.01. The van der Waals surface area contributed by atoms with Crippen LogP contribution in [-0.2, 0) is 11.3 Å². The van der Waals surface area contributed by atoms with Crippen molar-refractivity contribution in [3.63, 3.8) is 0 Å². The Kier molecular flexibility index (Phi) is 5.28. The topological polar surface area (TPSA) is 90.1 Å². The third-order valence-electron chi connectivity index (χ3n) is 2.57. The van der Waals surface area contributed by atoms with E-state index in [1.165, 1.54) is 0 Å². The van der Waals surface area contributed by atoms with Gasteiger partial charge in [-0.1, -0.05) is 36.4 Å². The smallest absolute Gasteiger partial charge is 0.407 e. The van der Waals surface area contributed by atoms with Crippen molar-refractivity contribution in [1.29, 1.82) is 0 Å². The number of carbonyl (C=O) groups is 1. The highest BCUT2D eigenvalue weighted by Gasteiger charge is 2.00. The molecule has 6 heteroatoms. The van der Waals surface area contributed by atoms with Crippen molar-refractivity contribution in [1.82, 2.24) is 15.5 Å². The molecule has 0 fully saturated rings. The van der Waals surface area contributed by atoms with E-state index in [2.05, 4.69) is 15.5 Å². The zero-order chi connectivity index (χ0) is 14.9. The Morgan fingerprint density at radius 3 is 2.71 bits per heavy atom. The highest BCUT2D eigenvalue weighted by atomic mass is 16.5. The van der Waals surface area contributed by atoms with Gasteiger partial charge in [-0.2, -0.15) is 0 Å². The van der Waals surface area contributed by atoms with E-state index in [4.69, 9.17) is 10.5 Å². The van der Waals surface area contributed by atoms with Crippen molar-refractivity contribution in [3.05, 3.63) is 59.8 Å². The minimum absolute atomic E-state index is 0.250. The van der Waals surface area contributed by atoms with Gasteiger partial charge in [0.15, 0.2) is 0 Å². The van der Waals surface area contributed by atoms with Crippen LogP contribution in [0.3, 0.4) is 0 Å². The quantitative estimate of drug-likeness (QED) is 0.876. The molecule has 0 aliphatic heterocycles. The molecule has 0 atom stereocenters. The number of nitrogens with zero attached hydrogens (tertiary/aromatic N) is 2. The molecule has 1 heterocycles. The molecule has 2 aromatic rings. The summed E-state index contributed by atoms with van der Waals surface area (Å²) >= 11 is 0. The molecule has 0 radical (unpaired) electrons. The lowest BCUT2D eigenvalue weighted by atomic mass is 10.2. The molecule has 1 amide bonds. The number of aromatic nitrogens is 2. The molecule has 3 N–H and O–H groups in total. The minimum Gasteiger partial charge on any atom is -0.445 e. The van der Waals surface area contributed by atoms with Crippen LogP contribution in [-0.4, -0.2) is 22.8 Å². The van der Waals surface area contributed by atoms with Crippen LogP contribution in [0.5, 0.6) is 0 Å². The number of hydrogen-bond donors (Lipinski definition) is 2. The third-order valence-corrected chi connectivity index (χ3v) is 2.57. The molecule has 0 saturated carbocycles. The number of benzene rings is 1. The summed E-state index contributed by atoms with van der Waals surface area (Å²) in [6.45, 7) is 0.597. The molecule has 1 aromatic heterocycles. The zero-order valence-corrected chi connectivity index (χ0v) is 11.4. The number of ether oxygens (including phenoxy) is 1. The zero-order valence-electron chi connectivity index (χ0n) is 11.4. The van der Waals surface area contributed by atoms with Crippen LogP contribution in [0.4, 0.5) is 10.6 Å². The molecular weight excluding hydrogens is 268 g/mol. The fourth-order valence-corrected chi connectivity index (χ4v) is 1.54. The second-order valence-electron chi connectivity index (χ2n) is 4.23. The van der Waals surface area contributed by atoms with E-state index >= 15 is 0 Å². The first-order valence-electron chi connectivity index (χ1n) is 6.44. The third kappa shape index (κ3) is 5.32. The van der Waals surface area contributed by atoms with Crippen molar-refractivity contribution >= 4 is 18.0 Å². The molecule has 0 unspecified atom stereocenters. The second-order valence-corrected chi connectivity index (χ2v) is 4.23. The Labute approximate surface area is 122 Å². The van der Waals surface area contributed by atoms with Crippen molar-refractivity contribution in [2.75, 3.05) is 12.3 Å². The lowest BCUT2D eigenvalue weighted by Crippen LogP contribution is -2.24. The summed E-state index contributed by atoms with van der Waals surface area (Å²) in [6, 6.07) is 12.9. The van der Waals surface area contributed by atoms with Crippen LogP contribution in [0.1, 0.15) is 11.3 Å². The molecule has 0 saturated heterocycles. The predicted molar refractivity (Wildman–Crippen MR) is 80.1 cm³/mol. The maximum atomic E-state index is 11.5. The Bertz CT molecular complexity index is 597. The van der Waals surface area contributed by atoms with E-state index < -0.39 is 6.09 Å². The van der Waals surface area contributed by atoms with Crippen LogP contribution in [0, 0.1) is 0 Å². The SMILES string of the molecule is Nc1ccc(C=CCNC(=O)OCc2ccccc2)nn1. The van der Waals surface area contributed by atoms with Crippen LogP contribution in [0.15, 0.2) is 48.5 Å². The van der Waals surface area contributed by atoms with Crippen LogP contribution >= 0.6 is 0 Å². The molecule has 2 rings (SSSR count). The number of hydrogen-bond acceptors (Lipinski definition) is 5. The molecule has 108 valence electrons. The van der Waals surface area contributed by atoms with Gasteiger partial charge in [0.1, 0.15) is 12.4 Å². The van der Waals surface area contributed by atoms with E-state index in [0.29, 0.717) is 18.1 Å². The Hall–Kier alpha value is -2.89. The Balaban J connectivity index is 1.68. The number of nitrogen functional groups attached to an aromatic ring is 1. The van der Waals surface area contributed by atoms with Crippen molar-refractivity contribution in [3.8, 4) is 0 Å². The molecule has 6 nitrogen and oxygen atoms in total. The fraction of sp³-hybridized carbons (Fsp3) is 0.133.